The standard InChI is InChI=1S/C19H30N2O4S/c1-5-6-7-19(22)21-10-8-16(9-11-21)20-26(23,24)18-13-15(3)14(2)12-17(18)25-4/h12-13,16,20H,5-11H2,1-4H3. The molecule has 26 heavy (non-hydrogen) atoms. The molecule has 146 valence electrons. The molecule has 1 saturated heterocycles. The number of unbranched alkanes of at least 4 members (excludes halogenated alkanes) is 1. The second-order valence-corrected chi connectivity index (χ2v) is 8.65. The van der Waals surface area contributed by atoms with E-state index in [9.17, 15) is 13.2 Å². The molecule has 0 aliphatic carbocycles. The summed E-state index contributed by atoms with van der Waals surface area (Å²) in [6.07, 6.45) is 3.74. The summed E-state index contributed by atoms with van der Waals surface area (Å²) < 4.78 is 33.7. The SMILES string of the molecule is CCCCC(=O)N1CCC(NS(=O)(=O)c2cc(C)c(C)cc2OC)CC1. The lowest BCUT2D eigenvalue weighted by atomic mass is 10.1. The Kier molecular flexibility index (Phi) is 7.06. The Morgan fingerprint density at radius 2 is 1.85 bits per heavy atom. The van der Waals surface area contributed by atoms with Crippen LogP contribution in [0.2, 0.25) is 0 Å². The topological polar surface area (TPSA) is 75.7 Å². The number of benzene rings is 1. The summed E-state index contributed by atoms with van der Waals surface area (Å²) in [6.45, 7) is 7.07. The van der Waals surface area contributed by atoms with Crippen LogP contribution < -0.4 is 9.46 Å². The number of piperidine rings is 1. The molecule has 0 atom stereocenters. The summed E-state index contributed by atoms with van der Waals surface area (Å²) in [5.74, 6) is 0.525. The first-order valence-corrected chi connectivity index (χ1v) is 10.7. The van der Waals surface area contributed by atoms with E-state index in [-0.39, 0.29) is 16.8 Å². The van der Waals surface area contributed by atoms with Crippen molar-refractivity contribution in [2.45, 2.75) is 63.8 Å². The van der Waals surface area contributed by atoms with Crippen molar-refractivity contribution in [3.05, 3.63) is 23.3 Å². The molecule has 0 aromatic heterocycles. The maximum atomic E-state index is 12.8. The zero-order chi connectivity index (χ0) is 19.3. The van der Waals surface area contributed by atoms with E-state index in [1.54, 1.807) is 12.1 Å². The van der Waals surface area contributed by atoms with E-state index in [0.717, 1.165) is 24.0 Å². The molecule has 0 radical (unpaired) electrons. The Morgan fingerprint density at radius 3 is 2.42 bits per heavy atom. The molecule has 1 aliphatic heterocycles. The van der Waals surface area contributed by atoms with E-state index in [1.807, 2.05) is 18.7 Å². The Balaban J connectivity index is 2.03. The molecule has 1 aliphatic rings. The highest BCUT2D eigenvalue weighted by atomic mass is 32.2. The minimum Gasteiger partial charge on any atom is -0.495 e. The summed E-state index contributed by atoms with van der Waals surface area (Å²) in [5, 5.41) is 0. The molecular weight excluding hydrogens is 352 g/mol. The molecule has 7 heteroatoms. The van der Waals surface area contributed by atoms with Crippen LogP contribution in [0.15, 0.2) is 17.0 Å². The molecule has 1 aromatic carbocycles. The average molecular weight is 383 g/mol. The van der Waals surface area contributed by atoms with E-state index < -0.39 is 10.0 Å². The first-order chi connectivity index (χ1) is 12.3. The number of carbonyl (C=O) groups is 1. The molecule has 1 heterocycles. The van der Waals surface area contributed by atoms with Crippen LogP contribution in [-0.2, 0) is 14.8 Å². The molecule has 6 nitrogen and oxygen atoms in total. The molecule has 2 rings (SSSR count). The third kappa shape index (κ3) is 4.98. The minimum atomic E-state index is -3.67. The molecule has 1 fully saturated rings. The van der Waals surface area contributed by atoms with Crippen LogP contribution in [0.5, 0.6) is 5.75 Å². The number of likely N-dealkylation sites (tertiary alicyclic amines) is 1. The normalized spacial score (nSPS) is 15.9. The highest BCUT2D eigenvalue weighted by molar-refractivity contribution is 7.89. The number of amides is 1. The van der Waals surface area contributed by atoms with Crippen molar-refractivity contribution in [3.8, 4) is 5.75 Å². The zero-order valence-corrected chi connectivity index (χ0v) is 17.0. The third-order valence-corrected chi connectivity index (χ3v) is 6.52. The van der Waals surface area contributed by atoms with E-state index in [4.69, 9.17) is 4.74 Å². The molecule has 0 bridgehead atoms. The summed E-state index contributed by atoms with van der Waals surface area (Å²) in [7, 11) is -2.20. The second kappa shape index (κ2) is 8.86. The van der Waals surface area contributed by atoms with Crippen molar-refractivity contribution >= 4 is 15.9 Å². The smallest absolute Gasteiger partial charge is 0.244 e. The molecule has 0 unspecified atom stereocenters. The van der Waals surface area contributed by atoms with Gasteiger partial charge in [0.15, 0.2) is 0 Å². The lowest BCUT2D eigenvalue weighted by molar-refractivity contribution is -0.132. The van der Waals surface area contributed by atoms with Gasteiger partial charge in [0.05, 0.1) is 7.11 Å². The number of nitrogens with one attached hydrogen (secondary N) is 1. The van der Waals surface area contributed by atoms with Crippen molar-refractivity contribution in [1.29, 1.82) is 0 Å². The van der Waals surface area contributed by atoms with Gasteiger partial charge in [-0.05, 0) is 56.4 Å². The van der Waals surface area contributed by atoms with Crippen molar-refractivity contribution < 1.29 is 17.9 Å². The van der Waals surface area contributed by atoms with Crippen molar-refractivity contribution in [3.63, 3.8) is 0 Å². The first-order valence-electron chi connectivity index (χ1n) is 9.23. The largest absolute Gasteiger partial charge is 0.495 e. The number of aryl methyl sites for hydroxylation is 2. The van der Waals surface area contributed by atoms with Gasteiger partial charge in [-0.1, -0.05) is 13.3 Å². The molecule has 1 N–H and O–H groups in total. The highest BCUT2D eigenvalue weighted by Gasteiger charge is 2.28. The fraction of sp³-hybridized carbons (Fsp3) is 0.632. The van der Waals surface area contributed by atoms with Crippen LogP contribution in [0.1, 0.15) is 50.2 Å². The maximum absolute atomic E-state index is 12.8. The quantitative estimate of drug-likeness (QED) is 0.787. The van der Waals surface area contributed by atoms with Crippen molar-refractivity contribution in [2.75, 3.05) is 20.2 Å². The van der Waals surface area contributed by atoms with Crippen LogP contribution in [-0.4, -0.2) is 45.5 Å². The molecule has 1 amide bonds. The van der Waals surface area contributed by atoms with Gasteiger partial charge in [0.25, 0.3) is 0 Å². The van der Waals surface area contributed by atoms with Crippen LogP contribution in [0.4, 0.5) is 0 Å². The summed E-state index contributed by atoms with van der Waals surface area (Å²) in [6, 6.07) is 3.24. The predicted octanol–water partition coefficient (Wildman–Crippen LogP) is 2.77. The monoisotopic (exact) mass is 382 g/mol. The summed E-state index contributed by atoms with van der Waals surface area (Å²) in [4.78, 5) is 14.1. The Bertz CT molecular complexity index is 738. The van der Waals surface area contributed by atoms with Crippen molar-refractivity contribution in [2.24, 2.45) is 0 Å². The molecule has 0 saturated carbocycles. The van der Waals surface area contributed by atoms with Gasteiger partial charge in [0, 0.05) is 25.6 Å². The fourth-order valence-electron chi connectivity index (χ4n) is 3.15. The van der Waals surface area contributed by atoms with Crippen molar-refractivity contribution in [1.82, 2.24) is 9.62 Å². The predicted molar refractivity (Wildman–Crippen MR) is 102 cm³/mol. The van der Waals surface area contributed by atoms with Gasteiger partial charge in [-0.2, -0.15) is 0 Å². The number of rotatable bonds is 7. The number of sulfonamides is 1. The van der Waals surface area contributed by atoms with Gasteiger partial charge < -0.3 is 9.64 Å². The van der Waals surface area contributed by atoms with Crippen LogP contribution in [0.3, 0.4) is 0 Å². The number of ether oxygens (including phenoxy) is 1. The molecule has 0 spiro atoms. The molecular formula is C19H30N2O4S. The lowest BCUT2D eigenvalue weighted by Gasteiger charge is -2.32. The summed E-state index contributed by atoms with van der Waals surface area (Å²) in [5.41, 5.74) is 1.89. The third-order valence-electron chi connectivity index (χ3n) is 4.98. The Morgan fingerprint density at radius 1 is 1.23 bits per heavy atom. The number of carbonyl (C=O) groups excluding carboxylic acids is 1. The number of methoxy groups -OCH3 is 1. The Labute approximate surface area is 157 Å². The summed E-state index contributed by atoms with van der Waals surface area (Å²) >= 11 is 0. The number of nitrogens with zero attached hydrogens (tertiary/aromatic N) is 1. The van der Waals surface area contributed by atoms with Gasteiger partial charge >= 0.3 is 0 Å². The van der Waals surface area contributed by atoms with E-state index in [0.29, 0.717) is 38.1 Å². The average Bonchev–Trinajstić information content (AvgIpc) is 2.61. The lowest BCUT2D eigenvalue weighted by Crippen LogP contribution is -2.46. The van der Waals surface area contributed by atoms with Gasteiger partial charge in [0.2, 0.25) is 15.9 Å². The number of hydrogen-bond acceptors (Lipinski definition) is 4. The first kappa shape index (κ1) is 20.7. The second-order valence-electron chi connectivity index (χ2n) is 6.97. The zero-order valence-electron chi connectivity index (χ0n) is 16.2. The van der Waals surface area contributed by atoms with Crippen LogP contribution in [0.25, 0.3) is 0 Å². The number of hydrogen-bond donors (Lipinski definition) is 1. The van der Waals surface area contributed by atoms with E-state index in [2.05, 4.69) is 11.6 Å². The fourth-order valence-corrected chi connectivity index (χ4v) is 4.69. The van der Waals surface area contributed by atoms with Gasteiger partial charge in [0.1, 0.15) is 10.6 Å². The maximum Gasteiger partial charge on any atom is 0.244 e. The van der Waals surface area contributed by atoms with Crippen LogP contribution >= 0.6 is 0 Å². The Hall–Kier alpha value is -1.60. The minimum absolute atomic E-state index is 0.165. The van der Waals surface area contributed by atoms with Gasteiger partial charge in [-0.25, -0.2) is 13.1 Å². The van der Waals surface area contributed by atoms with E-state index >= 15 is 0 Å². The van der Waals surface area contributed by atoms with Gasteiger partial charge in [-0.3, -0.25) is 4.79 Å². The highest BCUT2D eigenvalue weighted by Crippen LogP contribution is 2.28. The van der Waals surface area contributed by atoms with Gasteiger partial charge in [-0.15, -0.1) is 0 Å². The van der Waals surface area contributed by atoms with E-state index in [1.165, 1.54) is 7.11 Å². The molecule has 1 aromatic rings. The van der Waals surface area contributed by atoms with Crippen LogP contribution in [0, 0.1) is 13.8 Å².